The van der Waals surface area contributed by atoms with Crippen LogP contribution in [-0.4, -0.2) is 9.97 Å². The van der Waals surface area contributed by atoms with E-state index in [1.807, 2.05) is 0 Å². The minimum absolute atomic E-state index is 0.309. The third kappa shape index (κ3) is 2.52. The molecule has 3 nitrogen and oxygen atoms in total. The highest BCUT2D eigenvalue weighted by atomic mass is 19.4. The number of aromatic nitrogens is 2. The Morgan fingerprint density at radius 3 is 2.62 bits per heavy atom. The Balaban J connectivity index is 2.24. The molecule has 2 aromatic heterocycles. The van der Waals surface area contributed by atoms with Gasteiger partial charge in [0, 0.05) is 17.6 Å². The molecule has 0 saturated carbocycles. The van der Waals surface area contributed by atoms with Gasteiger partial charge in [0.05, 0.1) is 5.56 Å². The summed E-state index contributed by atoms with van der Waals surface area (Å²) in [6, 6.07) is 9.55. The van der Waals surface area contributed by atoms with Crippen molar-refractivity contribution in [3.63, 3.8) is 0 Å². The largest absolute Gasteiger partial charge is 0.416 e. The molecule has 106 valence electrons. The zero-order chi connectivity index (χ0) is 15.0. The minimum atomic E-state index is -4.40. The monoisotopic (exact) mass is 290 g/mol. The van der Waals surface area contributed by atoms with Crippen LogP contribution in [0.1, 0.15) is 5.56 Å². The van der Waals surface area contributed by atoms with E-state index in [-0.39, 0.29) is 5.56 Å². The molecule has 0 amide bonds. The predicted molar refractivity (Wildman–Crippen MR) is 72.8 cm³/mol. The van der Waals surface area contributed by atoms with Crippen LogP contribution in [0.15, 0.2) is 53.5 Å². The van der Waals surface area contributed by atoms with E-state index in [0.717, 1.165) is 12.1 Å². The van der Waals surface area contributed by atoms with Crippen LogP contribution < -0.4 is 5.56 Å². The Bertz CT molecular complexity index is 868. The topological polar surface area (TPSA) is 45.8 Å². The number of hydrogen-bond donors (Lipinski definition) is 1. The molecule has 0 saturated heterocycles. The first-order valence-electron chi connectivity index (χ1n) is 6.11. The van der Waals surface area contributed by atoms with Gasteiger partial charge in [0.1, 0.15) is 5.65 Å². The number of nitrogens with one attached hydrogen (secondary N) is 1. The predicted octanol–water partition coefficient (Wildman–Crippen LogP) is 3.61. The van der Waals surface area contributed by atoms with E-state index in [0.29, 0.717) is 22.2 Å². The number of fused-ring (bicyclic) bond motifs is 1. The number of nitrogens with zero attached hydrogens (tertiary/aromatic N) is 1. The standard InChI is InChI=1S/C15H9F3N2O/c16-15(17,18)10-3-1-2-9(8-10)11-6-7-19-14-12(11)4-5-13(21)20-14/h1-8H,(H,19,20,21). The van der Waals surface area contributed by atoms with Crippen molar-refractivity contribution in [2.75, 3.05) is 0 Å². The number of rotatable bonds is 1. The normalized spacial score (nSPS) is 11.8. The van der Waals surface area contributed by atoms with Gasteiger partial charge >= 0.3 is 6.18 Å². The van der Waals surface area contributed by atoms with Gasteiger partial charge in [0.25, 0.3) is 0 Å². The summed E-state index contributed by atoms with van der Waals surface area (Å²) < 4.78 is 38.4. The third-order valence-corrected chi connectivity index (χ3v) is 3.13. The quantitative estimate of drug-likeness (QED) is 0.744. The summed E-state index contributed by atoms with van der Waals surface area (Å²) in [5, 5.41) is 0.594. The smallest absolute Gasteiger partial charge is 0.307 e. The Morgan fingerprint density at radius 2 is 1.86 bits per heavy atom. The Hall–Kier alpha value is -2.63. The SMILES string of the molecule is O=c1ccc2c(-c3cccc(C(F)(F)F)c3)ccnc2[nH]1. The molecule has 0 bridgehead atoms. The van der Waals surface area contributed by atoms with Gasteiger partial charge in [-0.15, -0.1) is 0 Å². The van der Waals surface area contributed by atoms with E-state index in [2.05, 4.69) is 9.97 Å². The number of hydrogen-bond acceptors (Lipinski definition) is 2. The number of aromatic amines is 1. The van der Waals surface area contributed by atoms with Crippen LogP contribution >= 0.6 is 0 Å². The summed E-state index contributed by atoms with van der Waals surface area (Å²) in [5.74, 6) is 0. The molecule has 1 N–H and O–H groups in total. The minimum Gasteiger partial charge on any atom is -0.307 e. The van der Waals surface area contributed by atoms with Gasteiger partial charge in [-0.05, 0) is 35.4 Å². The molecule has 3 aromatic rings. The summed E-state index contributed by atoms with van der Waals surface area (Å²) in [6.45, 7) is 0. The molecule has 21 heavy (non-hydrogen) atoms. The Labute approximate surface area is 117 Å². The fourth-order valence-electron chi connectivity index (χ4n) is 2.17. The van der Waals surface area contributed by atoms with Gasteiger partial charge in [-0.2, -0.15) is 13.2 Å². The first-order chi connectivity index (χ1) is 9.95. The molecule has 1 aromatic carbocycles. The summed E-state index contributed by atoms with van der Waals surface area (Å²) in [5.41, 5.74) is 0.328. The van der Waals surface area contributed by atoms with E-state index in [9.17, 15) is 18.0 Å². The summed E-state index contributed by atoms with van der Waals surface area (Å²) in [6.07, 6.45) is -2.94. The van der Waals surface area contributed by atoms with Crippen molar-refractivity contribution < 1.29 is 13.2 Å². The number of halogens is 3. The molecule has 0 unspecified atom stereocenters. The van der Waals surface area contributed by atoms with Crippen molar-refractivity contribution in [3.05, 3.63) is 64.6 Å². The summed E-state index contributed by atoms with van der Waals surface area (Å²) in [4.78, 5) is 17.8. The van der Waals surface area contributed by atoms with E-state index < -0.39 is 11.7 Å². The van der Waals surface area contributed by atoms with Gasteiger partial charge in [0.2, 0.25) is 5.56 Å². The zero-order valence-electron chi connectivity index (χ0n) is 10.6. The fourth-order valence-corrected chi connectivity index (χ4v) is 2.17. The maximum atomic E-state index is 12.8. The molecular weight excluding hydrogens is 281 g/mol. The molecule has 0 aliphatic rings. The molecule has 3 rings (SSSR count). The first-order valence-corrected chi connectivity index (χ1v) is 6.11. The molecule has 0 aliphatic heterocycles. The second-order valence-electron chi connectivity index (χ2n) is 4.52. The lowest BCUT2D eigenvalue weighted by molar-refractivity contribution is -0.137. The van der Waals surface area contributed by atoms with Crippen LogP contribution in [0.25, 0.3) is 22.2 Å². The molecule has 0 atom stereocenters. The van der Waals surface area contributed by atoms with Crippen LogP contribution in [0.4, 0.5) is 13.2 Å². The highest BCUT2D eigenvalue weighted by Gasteiger charge is 2.30. The van der Waals surface area contributed by atoms with Crippen molar-refractivity contribution in [1.29, 1.82) is 0 Å². The van der Waals surface area contributed by atoms with E-state index in [1.165, 1.54) is 18.3 Å². The van der Waals surface area contributed by atoms with Crippen LogP contribution in [0.3, 0.4) is 0 Å². The van der Waals surface area contributed by atoms with Crippen LogP contribution in [0, 0.1) is 0 Å². The zero-order valence-corrected chi connectivity index (χ0v) is 10.6. The van der Waals surface area contributed by atoms with Crippen molar-refractivity contribution in [2.45, 2.75) is 6.18 Å². The van der Waals surface area contributed by atoms with Crippen molar-refractivity contribution in [2.24, 2.45) is 0 Å². The van der Waals surface area contributed by atoms with Crippen molar-refractivity contribution in [1.82, 2.24) is 9.97 Å². The lowest BCUT2D eigenvalue weighted by Gasteiger charge is -2.10. The van der Waals surface area contributed by atoms with Gasteiger partial charge in [0.15, 0.2) is 0 Å². The lowest BCUT2D eigenvalue weighted by atomic mass is 10.0. The van der Waals surface area contributed by atoms with Gasteiger partial charge in [-0.1, -0.05) is 12.1 Å². The maximum Gasteiger partial charge on any atom is 0.416 e. The number of benzene rings is 1. The van der Waals surface area contributed by atoms with E-state index in [4.69, 9.17) is 0 Å². The summed E-state index contributed by atoms with van der Waals surface area (Å²) >= 11 is 0. The molecule has 0 spiro atoms. The molecule has 0 fully saturated rings. The first kappa shape index (κ1) is 13.4. The van der Waals surface area contributed by atoms with Gasteiger partial charge in [-0.3, -0.25) is 4.79 Å². The fraction of sp³-hybridized carbons (Fsp3) is 0.0667. The maximum absolute atomic E-state index is 12.8. The average Bonchev–Trinajstić information content (AvgIpc) is 2.45. The van der Waals surface area contributed by atoms with Gasteiger partial charge < -0.3 is 4.98 Å². The van der Waals surface area contributed by atoms with E-state index in [1.54, 1.807) is 18.2 Å². The highest BCUT2D eigenvalue weighted by Crippen LogP contribution is 2.33. The van der Waals surface area contributed by atoms with Crippen LogP contribution in [0.2, 0.25) is 0 Å². The second-order valence-corrected chi connectivity index (χ2v) is 4.52. The van der Waals surface area contributed by atoms with E-state index >= 15 is 0 Å². The van der Waals surface area contributed by atoms with Crippen molar-refractivity contribution in [3.8, 4) is 11.1 Å². The van der Waals surface area contributed by atoms with Crippen LogP contribution in [0.5, 0.6) is 0 Å². The molecule has 0 radical (unpaired) electrons. The Kier molecular flexibility index (Phi) is 3.01. The number of alkyl halides is 3. The highest BCUT2D eigenvalue weighted by molar-refractivity contribution is 5.92. The average molecular weight is 290 g/mol. The molecule has 0 aliphatic carbocycles. The number of pyridine rings is 2. The van der Waals surface area contributed by atoms with Crippen molar-refractivity contribution >= 4 is 11.0 Å². The second kappa shape index (κ2) is 4.73. The van der Waals surface area contributed by atoms with Crippen LogP contribution in [-0.2, 0) is 6.18 Å². The lowest BCUT2D eigenvalue weighted by Crippen LogP contribution is -2.05. The summed E-state index contributed by atoms with van der Waals surface area (Å²) in [7, 11) is 0. The molecular formula is C15H9F3N2O. The number of H-pyrrole nitrogens is 1. The Morgan fingerprint density at radius 1 is 1.05 bits per heavy atom. The van der Waals surface area contributed by atoms with Gasteiger partial charge in [-0.25, -0.2) is 4.98 Å². The third-order valence-electron chi connectivity index (χ3n) is 3.13. The molecule has 6 heteroatoms. The molecule has 2 heterocycles.